The predicted molar refractivity (Wildman–Crippen MR) is 73.9 cm³/mol. The number of rotatable bonds is 4. The highest BCUT2D eigenvalue weighted by Crippen LogP contribution is 2.12. The second-order valence-corrected chi connectivity index (χ2v) is 4.55. The highest BCUT2D eigenvalue weighted by atomic mass is 16.5. The molecular formula is C15H16N2O3. The molecule has 0 bridgehead atoms. The van der Waals surface area contributed by atoms with Gasteiger partial charge in [-0.1, -0.05) is 12.1 Å². The zero-order valence-corrected chi connectivity index (χ0v) is 11.7. The molecule has 104 valence electrons. The standard InChI is InChI=1S/C15H16N2O3/c1-10-14(11(2)18)8-16-17(10)9-12-5-4-6-13(7-12)15(19)20-3/h4-8H,9H2,1-3H3. The van der Waals surface area contributed by atoms with Crippen molar-refractivity contribution in [2.75, 3.05) is 7.11 Å². The van der Waals surface area contributed by atoms with Crippen molar-refractivity contribution in [1.82, 2.24) is 9.78 Å². The van der Waals surface area contributed by atoms with E-state index in [1.165, 1.54) is 14.0 Å². The Balaban J connectivity index is 2.26. The Kier molecular flexibility index (Phi) is 3.98. The van der Waals surface area contributed by atoms with Gasteiger partial charge in [-0.25, -0.2) is 4.79 Å². The SMILES string of the molecule is COC(=O)c1cccc(Cn2ncc(C(C)=O)c2C)c1. The molecule has 1 aromatic heterocycles. The Labute approximate surface area is 117 Å². The predicted octanol–water partition coefficient (Wildman–Crippen LogP) is 2.23. The molecule has 0 aliphatic rings. The van der Waals surface area contributed by atoms with Gasteiger partial charge in [-0.3, -0.25) is 9.48 Å². The first-order valence-corrected chi connectivity index (χ1v) is 6.23. The van der Waals surface area contributed by atoms with Crippen LogP contribution in [-0.2, 0) is 11.3 Å². The molecule has 0 radical (unpaired) electrons. The lowest BCUT2D eigenvalue weighted by atomic mass is 10.1. The highest BCUT2D eigenvalue weighted by Gasteiger charge is 2.11. The van der Waals surface area contributed by atoms with E-state index in [4.69, 9.17) is 4.74 Å². The Morgan fingerprint density at radius 3 is 2.70 bits per heavy atom. The minimum atomic E-state index is -0.367. The number of nitrogens with zero attached hydrogens (tertiary/aromatic N) is 2. The summed E-state index contributed by atoms with van der Waals surface area (Å²) in [7, 11) is 1.35. The van der Waals surface area contributed by atoms with Gasteiger partial charge in [-0.05, 0) is 31.5 Å². The number of Topliss-reactive ketones (excluding diaryl/α,β-unsaturated/α-hetero) is 1. The van der Waals surface area contributed by atoms with Gasteiger partial charge in [-0.15, -0.1) is 0 Å². The molecule has 0 N–H and O–H groups in total. The molecule has 0 saturated carbocycles. The third-order valence-electron chi connectivity index (χ3n) is 3.16. The summed E-state index contributed by atoms with van der Waals surface area (Å²) < 4.78 is 6.44. The second-order valence-electron chi connectivity index (χ2n) is 4.55. The third-order valence-corrected chi connectivity index (χ3v) is 3.16. The molecule has 20 heavy (non-hydrogen) atoms. The Morgan fingerprint density at radius 2 is 2.10 bits per heavy atom. The lowest BCUT2D eigenvalue weighted by Crippen LogP contribution is -2.07. The number of ketones is 1. The molecule has 0 aliphatic carbocycles. The summed E-state index contributed by atoms with van der Waals surface area (Å²) in [6.45, 7) is 3.88. The van der Waals surface area contributed by atoms with Crippen LogP contribution < -0.4 is 0 Å². The van der Waals surface area contributed by atoms with Crippen LogP contribution in [0.15, 0.2) is 30.5 Å². The van der Waals surface area contributed by atoms with Crippen molar-refractivity contribution >= 4 is 11.8 Å². The topological polar surface area (TPSA) is 61.2 Å². The molecule has 0 atom stereocenters. The Bertz CT molecular complexity index is 659. The number of hydrogen-bond acceptors (Lipinski definition) is 4. The van der Waals surface area contributed by atoms with Crippen molar-refractivity contribution in [2.24, 2.45) is 0 Å². The molecule has 0 fully saturated rings. The Morgan fingerprint density at radius 1 is 1.35 bits per heavy atom. The maximum absolute atomic E-state index is 11.5. The van der Waals surface area contributed by atoms with Crippen molar-refractivity contribution in [3.8, 4) is 0 Å². The van der Waals surface area contributed by atoms with Crippen LogP contribution in [0, 0.1) is 6.92 Å². The van der Waals surface area contributed by atoms with E-state index in [0.29, 0.717) is 17.7 Å². The van der Waals surface area contributed by atoms with Gasteiger partial charge in [0, 0.05) is 5.69 Å². The second kappa shape index (κ2) is 5.69. The van der Waals surface area contributed by atoms with Crippen LogP contribution in [0.4, 0.5) is 0 Å². The molecule has 2 aromatic rings. The number of ether oxygens (including phenoxy) is 1. The number of carbonyl (C=O) groups excluding carboxylic acids is 2. The molecule has 0 saturated heterocycles. The van der Waals surface area contributed by atoms with E-state index in [9.17, 15) is 9.59 Å². The van der Waals surface area contributed by atoms with Gasteiger partial charge in [0.15, 0.2) is 5.78 Å². The first-order chi connectivity index (χ1) is 9.52. The number of methoxy groups -OCH3 is 1. The summed E-state index contributed by atoms with van der Waals surface area (Å²) in [5, 5.41) is 4.21. The first kappa shape index (κ1) is 14.0. The van der Waals surface area contributed by atoms with Crippen molar-refractivity contribution in [1.29, 1.82) is 0 Å². The van der Waals surface area contributed by atoms with E-state index < -0.39 is 0 Å². The van der Waals surface area contributed by atoms with Crippen LogP contribution in [-0.4, -0.2) is 28.6 Å². The van der Waals surface area contributed by atoms with Crippen molar-refractivity contribution in [2.45, 2.75) is 20.4 Å². The minimum absolute atomic E-state index is 0.00272. The molecular weight excluding hydrogens is 256 g/mol. The Hall–Kier alpha value is -2.43. The fourth-order valence-electron chi connectivity index (χ4n) is 2.04. The lowest BCUT2D eigenvalue weighted by molar-refractivity contribution is 0.0600. The molecule has 5 nitrogen and oxygen atoms in total. The van der Waals surface area contributed by atoms with Crippen LogP contribution in [0.3, 0.4) is 0 Å². The molecule has 1 aromatic carbocycles. The fraction of sp³-hybridized carbons (Fsp3) is 0.267. The van der Waals surface area contributed by atoms with Crippen LogP contribution in [0.1, 0.15) is 38.9 Å². The van der Waals surface area contributed by atoms with Gasteiger partial charge in [-0.2, -0.15) is 5.10 Å². The molecule has 1 heterocycles. The quantitative estimate of drug-likeness (QED) is 0.632. The van der Waals surface area contributed by atoms with Gasteiger partial charge < -0.3 is 4.74 Å². The van der Waals surface area contributed by atoms with E-state index in [2.05, 4.69) is 5.10 Å². The molecule has 0 spiro atoms. The van der Waals surface area contributed by atoms with E-state index in [-0.39, 0.29) is 11.8 Å². The van der Waals surface area contributed by atoms with Crippen molar-refractivity contribution in [3.63, 3.8) is 0 Å². The number of hydrogen-bond donors (Lipinski definition) is 0. The van der Waals surface area contributed by atoms with Gasteiger partial charge >= 0.3 is 5.97 Å². The summed E-state index contributed by atoms with van der Waals surface area (Å²) in [6.07, 6.45) is 1.57. The molecule has 2 rings (SSSR count). The summed E-state index contributed by atoms with van der Waals surface area (Å²) in [6, 6.07) is 7.17. The first-order valence-electron chi connectivity index (χ1n) is 6.23. The van der Waals surface area contributed by atoms with Gasteiger partial charge in [0.1, 0.15) is 0 Å². The number of carbonyl (C=O) groups is 2. The third kappa shape index (κ3) is 2.77. The lowest BCUT2D eigenvalue weighted by Gasteiger charge is -2.07. The van der Waals surface area contributed by atoms with Gasteiger partial charge in [0.25, 0.3) is 0 Å². The van der Waals surface area contributed by atoms with Crippen LogP contribution >= 0.6 is 0 Å². The molecule has 0 amide bonds. The fourth-order valence-corrected chi connectivity index (χ4v) is 2.04. The van der Waals surface area contributed by atoms with E-state index in [1.54, 1.807) is 29.1 Å². The number of aromatic nitrogens is 2. The largest absolute Gasteiger partial charge is 0.465 e. The number of benzene rings is 1. The summed E-state index contributed by atoms with van der Waals surface area (Å²) >= 11 is 0. The monoisotopic (exact) mass is 272 g/mol. The van der Waals surface area contributed by atoms with Crippen molar-refractivity contribution in [3.05, 3.63) is 52.8 Å². The van der Waals surface area contributed by atoms with Crippen molar-refractivity contribution < 1.29 is 14.3 Å². The number of esters is 1. The zero-order chi connectivity index (χ0) is 14.7. The van der Waals surface area contributed by atoms with Gasteiger partial charge in [0.05, 0.1) is 31.0 Å². The normalized spacial score (nSPS) is 10.3. The van der Waals surface area contributed by atoms with Gasteiger partial charge in [0.2, 0.25) is 0 Å². The maximum atomic E-state index is 11.5. The van der Waals surface area contributed by atoms with E-state index in [1.807, 2.05) is 13.0 Å². The zero-order valence-electron chi connectivity index (χ0n) is 11.7. The summed E-state index contributed by atoms with van der Waals surface area (Å²) in [4.78, 5) is 22.9. The van der Waals surface area contributed by atoms with E-state index >= 15 is 0 Å². The smallest absolute Gasteiger partial charge is 0.337 e. The molecule has 0 aliphatic heterocycles. The summed E-state index contributed by atoms with van der Waals surface area (Å²) in [5.41, 5.74) is 2.87. The average molecular weight is 272 g/mol. The van der Waals surface area contributed by atoms with Crippen LogP contribution in [0.5, 0.6) is 0 Å². The minimum Gasteiger partial charge on any atom is -0.465 e. The molecule has 5 heteroatoms. The summed E-state index contributed by atoms with van der Waals surface area (Å²) in [5.74, 6) is -0.370. The maximum Gasteiger partial charge on any atom is 0.337 e. The van der Waals surface area contributed by atoms with E-state index in [0.717, 1.165) is 11.3 Å². The van der Waals surface area contributed by atoms with Crippen LogP contribution in [0.2, 0.25) is 0 Å². The highest BCUT2D eigenvalue weighted by molar-refractivity contribution is 5.94. The van der Waals surface area contributed by atoms with Crippen LogP contribution in [0.25, 0.3) is 0 Å². The average Bonchev–Trinajstić information content (AvgIpc) is 2.80. The molecule has 0 unspecified atom stereocenters.